The summed E-state index contributed by atoms with van der Waals surface area (Å²) in [4.78, 5) is 19.8. The van der Waals surface area contributed by atoms with Gasteiger partial charge in [-0.05, 0) is 37.1 Å². The number of rotatable bonds is 6. The average Bonchev–Trinajstić information content (AvgIpc) is 3.22. The number of fused-ring (bicyclic) bond motifs is 2. The fourth-order valence-electron chi connectivity index (χ4n) is 3.20. The quantitative estimate of drug-likeness (QED) is 0.663. The van der Waals surface area contributed by atoms with Crippen LogP contribution in [0.15, 0.2) is 30.6 Å². The molecule has 0 saturated heterocycles. The Morgan fingerprint density at radius 2 is 2.31 bits per heavy atom. The number of hydrogen-bond acceptors (Lipinski definition) is 5. The Bertz CT molecular complexity index is 980. The van der Waals surface area contributed by atoms with Gasteiger partial charge in [-0.15, -0.1) is 0 Å². The minimum absolute atomic E-state index is 0.135. The molecule has 4 rings (SSSR count). The van der Waals surface area contributed by atoms with Crippen LogP contribution < -0.4 is 10.1 Å². The normalized spacial score (nSPS) is 12.8. The van der Waals surface area contributed by atoms with Gasteiger partial charge in [0.05, 0.1) is 18.5 Å². The number of aromatic nitrogens is 3. The van der Waals surface area contributed by atoms with Gasteiger partial charge < -0.3 is 15.2 Å². The van der Waals surface area contributed by atoms with Gasteiger partial charge in [-0.1, -0.05) is 0 Å². The number of anilines is 1. The molecule has 0 radical (unpaired) electrons. The fourth-order valence-corrected chi connectivity index (χ4v) is 3.20. The van der Waals surface area contributed by atoms with Crippen molar-refractivity contribution in [2.24, 2.45) is 0 Å². The summed E-state index contributed by atoms with van der Waals surface area (Å²) in [5.74, 6) is 1.00. The summed E-state index contributed by atoms with van der Waals surface area (Å²) in [5, 5.41) is 12.2. The third-order valence-corrected chi connectivity index (χ3v) is 4.46. The van der Waals surface area contributed by atoms with Crippen LogP contribution >= 0.6 is 0 Å². The number of imidazole rings is 1. The number of nitrogens with one attached hydrogen (secondary N) is 1. The summed E-state index contributed by atoms with van der Waals surface area (Å²) >= 11 is 0. The van der Waals surface area contributed by atoms with Crippen LogP contribution in [-0.4, -0.2) is 38.6 Å². The van der Waals surface area contributed by atoms with Crippen molar-refractivity contribution in [3.8, 4) is 17.0 Å². The van der Waals surface area contributed by atoms with Gasteiger partial charge in [0, 0.05) is 31.1 Å². The molecule has 0 aliphatic carbocycles. The van der Waals surface area contributed by atoms with Crippen molar-refractivity contribution in [2.45, 2.75) is 26.2 Å². The molecule has 0 fully saturated rings. The smallest absolute Gasteiger partial charge is 0.303 e. The van der Waals surface area contributed by atoms with Gasteiger partial charge in [0.2, 0.25) is 0 Å². The Hall–Kier alpha value is -3.09. The number of carboxylic acid groups (broad SMARTS) is 1. The molecule has 3 aromatic rings. The molecule has 7 nitrogen and oxygen atoms in total. The number of nitrogens with zero attached hydrogens (tertiary/aromatic N) is 3. The minimum Gasteiger partial charge on any atom is -0.493 e. The van der Waals surface area contributed by atoms with Crippen LogP contribution in [0.25, 0.3) is 16.9 Å². The maximum atomic E-state index is 10.7. The lowest BCUT2D eigenvalue weighted by atomic mass is 10.1. The molecule has 26 heavy (non-hydrogen) atoms. The van der Waals surface area contributed by atoms with Crippen molar-refractivity contribution < 1.29 is 14.6 Å². The predicted octanol–water partition coefficient (Wildman–Crippen LogP) is 2.92. The first-order chi connectivity index (χ1) is 12.6. The van der Waals surface area contributed by atoms with Crippen LogP contribution in [-0.2, 0) is 11.2 Å². The zero-order valence-electron chi connectivity index (χ0n) is 14.5. The van der Waals surface area contributed by atoms with E-state index in [1.807, 2.05) is 29.7 Å². The number of aliphatic carboxylic acids is 1. The zero-order chi connectivity index (χ0) is 18.1. The molecule has 7 heteroatoms. The Morgan fingerprint density at radius 1 is 1.42 bits per heavy atom. The Balaban J connectivity index is 1.73. The number of ether oxygens (including phenoxy) is 1. The molecular weight excluding hydrogens is 332 g/mol. The van der Waals surface area contributed by atoms with Crippen molar-refractivity contribution in [3.05, 3.63) is 41.9 Å². The second kappa shape index (κ2) is 6.67. The summed E-state index contributed by atoms with van der Waals surface area (Å²) in [7, 11) is 0. The molecule has 134 valence electrons. The van der Waals surface area contributed by atoms with Crippen LogP contribution in [0.4, 0.5) is 5.82 Å². The first-order valence-electron chi connectivity index (χ1n) is 8.68. The zero-order valence-corrected chi connectivity index (χ0v) is 14.5. The summed E-state index contributed by atoms with van der Waals surface area (Å²) in [6, 6.07) is 6.11. The van der Waals surface area contributed by atoms with Gasteiger partial charge in [-0.3, -0.25) is 14.2 Å². The molecule has 2 aromatic heterocycles. The summed E-state index contributed by atoms with van der Waals surface area (Å²) in [6.07, 6.45) is 5.26. The first kappa shape index (κ1) is 16.4. The third kappa shape index (κ3) is 3.08. The van der Waals surface area contributed by atoms with Crippen molar-refractivity contribution in [1.29, 1.82) is 0 Å². The van der Waals surface area contributed by atoms with Gasteiger partial charge in [-0.25, -0.2) is 4.98 Å². The molecular formula is C19H20N4O3. The molecule has 0 atom stereocenters. The van der Waals surface area contributed by atoms with E-state index in [1.165, 1.54) is 5.56 Å². The molecule has 1 aliphatic rings. The monoisotopic (exact) mass is 352 g/mol. The number of aryl methyl sites for hydroxylation is 1. The second-order valence-electron chi connectivity index (χ2n) is 6.41. The van der Waals surface area contributed by atoms with E-state index in [0.29, 0.717) is 19.6 Å². The van der Waals surface area contributed by atoms with E-state index in [0.717, 1.165) is 40.6 Å². The third-order valence-electron chi connectivity index (χ3n) is 4.46. The molecule has 1 aromatic carbocycles. The molecule has 0 amide bonds. The number of carbonyl (C=O) groups is 1. The van der Waals surface area contributed by atoms with Crippen molar-refractivity contribution in [1.82, 2.24) is 14.4 Å². The maximum Gasteiger partial charge on any atom is 0.303 e. The standard InChI is InChI=1S/C19H20N4O3/c1-12-11-23-16(10-21-12)22-18(19(23)20-7-2-3-17(24)25)14-4-5-15-13(9-14)6-8-26-15/h4-5,9-11,20H,2-3,6-8H2,1H3,(H,24,25). The largest absolute Gasteiger partial charge is 0.493 e. The van der Waals surface area contributed by atoms with Crippen LogP contribution in [0.5, 0.6) is 5.75 Å². The summed E-state index contributed by atoms with van der Waals surface area (Å²) in [6.45, 7) is 3.20. The van der Waals surface area contributed by atoms with Gasteiger partial charge >= 0.3 is 5.97 Å². The van der Waals surface area contributed by atoms with Gasteiger partial charge in [0.15, 0.2) is 5.65 Å². The topological polar surface area (TPSA) is 88.8 Å². The van der Waals surface area contributed by atoms with E-state index in [1.54, 1.807) is 6.20 Å². The van der Waals surface area contributed by atoms with E-state index in [-0.39, 0.29) is 6.42 Å². The van der Waals surface area contributed by atoms with Gasteiger partial charge in [0.25, 0.3) is 0 Å². The lowest BCUT2D eigenvalue weighted by Gasteiger charge is -2.09. The number of hydrogen-bond donors (Lipinski definition) is 2. The highest BCUT2D eigenvalue weighted by molar-refractivity contribution is 5.77. The number of benzene rings is 1. The summed E-state index contributed by atoms with van der Waals surface area (Å²) in [5.41, 5.74) is 4.67. The highest BCUT2D eigenvalue weighted by Gasteiger charge is 2.18. The van der Waals surface area contributed by atoms with E-state index >= 15 is 0 Å². The Kier molecular flexibility index (Phi) is 4.20. The first-order valence-corrected chi connectivity index (χ1v) is 8.68. The maximum absolute atomic E-state index is 10.7. The Labute approximate surface area is 150 Å². The molecule has 0 unspecified atom stereocenters. The molecule has 3 heterocycles. The van der Waals surface area contributed by atoms with Crippen LogP contribution in [0.2, 0.25) is 0 Å². The van der Waals surface area contributed by atoms with E-state index in [9.17, 15) is 4.79 Å². The fraction of sp³-hybridized carbons (Fsp3) is 0.316. The van der Waals surface area contributed by atoms with E-state index in [2.05, 4.69) is 16.4 Å². The van der Waals surface area contributed by atoms with Crippen LogP contribution in [0.3, 0.4) is 0 Å². The molecule has 0 saturated carbocycles. The molecule has 0 bridgehead atoms. The summed E-state index contributed by atoms with van der Waals surface area (Å²) < 4.78 is 7.56. The van der Waals surface area contributed by atoms with Crippen molar-refractivity contribution in [2.75, 3.05) is 18.5 Å². The van der Waals surface area contributed by atoms with Crippen molar-refractivity contribution >= 4 is 17.4 Å². The SMILES string of the molecule is Cc1cn2c(NCCCC(=O)O)c(-c3ccc4c(c3)CCO4)nc2cn1. The molecule has 0 spiro atoms. The highest BCUT2D eigenvalue weighted by atomic mass is 16.5. The lowest BCUT2D eigenvalue weighted by molar-refractivity contribution is -0.137. The Morgan fingerprint density at radius 3 is 3.15 bits per heavy atom. The number of carboxylic acids is 1. The van der Waals surface area contributed by atoms with Crippen LogP contribution in [0.1, 0.15) is 24.1 Å². The highest BCUT2D eigenvalue weighted by Crippen LogP contribution is 2.34. The van der Waals surface area contributed by atoms with Crippen molar-refractivity contribution in [3.63, 3.8) is 0 Å². The second-order valence-corrected chi connectivity index (χ2v) is 6.41. The molecule has 2 N–H and O–H groups in total. The van der Waals surface area contributed by atoms with E-state index < -0.39 is 5.97 Å². The predicted molar refractivity (Wildman–Crippen MR) is 97.7 cm³/mol. The van der Waals surface area contributed by atoms with Gasteiger partial charge in [0.1, 0.15) is 17.3 Å². The molecule has 1 aliphatic heterocycles. The van der Waals surface area contributed by atoms with Gasteiger partial charge in [-0.2, -0.15) is 0 Å². The van der Waals surface area contributed by atoms with E-state index in [4.69, 9.17) is 14.8 Å². The van der Waals surface area contributed by atoms with Crippen LogP contribution in [0, 0.1) is 6.92 Å². The average molecular weight is 352 g/mol. The lowest BCUT2D eigenvalue weighted by Crippen LogP contribution is -2.07. The minimum atomic E-state index is -0.788.